The number of nitrogens with zero attached hydrogens (tertiary/aromatic N) is 1. The van der Waals surface area contributed by atoms with Crippen LogP contribution in [0.5, 0.6) is 11.5 Å². The van der Waals surface area contributed by atoms with Gasteiger partial charge in [0.1, 0.15) is 11.5 Å². The molecule has 1 fully saturated rings. The quantitative estimate of drug-likeness (QED) is 0.833. The van der Waals surface area contributed by atoms with Crippen molar-refractivity contribution in [3.63, 3.8) is 0 Å². The first-order valence-corrected chi connectivity index (χ1v) is 6.96. The number of likely N-dealkylation sites (N-methyl/N-ethyl adjacent to an activating group) is 1. The molecule has 2 atom stereocenters. The Bertz CT molecular complexity index is 464. The van der Waals surface area contributed by atoms with Crippen LogP contribution in [0.15, 0.2) is 12.1 Å². The number of likely N-dealkylation sites (tertiary alicyclic amines) is 1. The van der Waals surface area contributed by atoms with E-state index in [9.17, 15) is 10.2 Å². The first-order valence-electron chi connectivity index (χ1n) is 6.96. The van der Waals surface area contributed by atoms with Gasteiger partial charge in [-0.25, -0.2) is 0 Å². The van der Waals surface area contributed by atoms with Crippen LogP contribution in [0.2, 0.25) is 0 Å². The Morgan fingerprint density at radius 3 is 2.79 bits per heavy atom. The van der Waals surface area contributed by atoms with Crippen molar-refractivity contribution in [3.8, 4) is 11.5 Å². The second-order valence-corrected chi connectivity index (χ2v) is 5.61. The van der Waals surface area contributed by atoms with Gasteiger partial charge in [-0.3, -0.25) is 0 Å². The molecule has 1 aromatic rings. The number of halogens is 1. The van der Waals surface area contributed by atoms with Crippen LogP contribution in [-0.4, -0.2) is 34.2 Å². The van der Waals surface area contributed by atoms with Crippen LogP contribution in [0.25, 0.3) is 0 Å². The predicted octanol–water partition coefficient (Wildman–Crippen LogP) is 2.87. The highest BCUT2D eigenvalue weighted by molar-refractivity contribution is 8.93. The normalized spacial score (nSPS) is 26.2. The second-order valence-electron chi connectivity index (χ2n) is 5.61. The minimum Gasteiger partial charge on any atom is -0.508 e. The van der Waals surface area contributed by atoms with Crippen LogP contribution in [0.3, 0.4) is 0 Å². The first kappa shape index (κ1) is 14.7. The standard InChI is InChI=1S/C15H21NO2.BrH/c1-2-16-5-3-4-10-7-13-11(8-14(10)16)6-12(17)9-15(13)18;/h6,9-10,14,17-18H,2-5,7-8H2,1H3;1H/t10-,14-;/m1./s1. The highest BCUT2D eigenvalue weighted by Crippen LogP contribution is 2.39. The highest BCUT2D eigenvalue weighted by Gasteiger charge is 2.35. The molecule has 3 nitrogen and oxygen atoms in total. The van der Waals surface area contributed by atoms with Crippen molar-refractivity contribution < 1.29 is 10.2 Å². The maximum Gasteiger partial charge on any atom is 0.122 e. The van der Waals surface area contributed by atoms with E-state index in [0.29, 0.717) is 12.0 Å². The molecule has 1 aliphatic carbocycles. The molecule has 0 amide bonds. The molecule has 0 bridgehead atoms. The number of phenols is 2. The molecule has 19 heavy (non-hydrogen) atoms. The summed E-state index contributed by atoms with van der Waals surface area (Å²) in [4.78, 5) is 2.55. The van der Waals surface area contributed by atoms with Gasteiger partial charge in [0.25, 0.3) is 0 Å². The predicted molar refractivity (Wildman–Crippen MR) is 81.3 cm³/mol. The van der Waals surface area contributed by atoms with Crippen molar-refractivity contribution in [2.45, 2.75) is 38.6 Å². The number of benzene rings is 1. The number of rotatable bonds is 1. The number of hydrogen-bond donors (Lipinski definition) is 2. The van der Waals surface area contributed by atoms with E-state index in [4.69, 9.17) is 0 Å². The Morgan fingerprint density at radius 1 is 1.26 bits per heavy atom. The molecule has 2 aliphatic rings. The third kappa shape index (κ3) is 2.61. The number of aromatic hydroxyl groups is 2. The van der Waals surface area contributed by atoms with Gasteiger partial charge in [0.05, 0.1) is 0 Å². The van der Waals surface area contributed by atoms with Crippen LogP contribution < -0.4 is 0 Å². The number of fused-ring (bicyclic) bond motifs is 2. The molecular formula is C15H22BrNO2. The van der Waals surface area contributed by atoms with Gasteiger partial charge in [-0.1, -0.05) is 6.92 Å². The molecule has 1 aliphatic heterocycles. The molecule has 2 N–H and O–H groups in total. The van der Waals surface area contributed by atoms with Crippen LogP contribution >= 0.6 is 17.0 Å². The average molecular weight is 328 g/mol. The number of piperidine rings is 1. The molecule has 3 rings (SSSR count). The summed E-state index contributed by atoms with van der Waals surface area (Å²) in [6, 6.07) is 3.89. The molecule has 1 saturated heterocycles. The summed E-state index contributed by atoms with van der Waals surface area (Å²) in [5, 5.41) is 19.6. The monoisotopic (exact) mass is 327 g/mol. The summed E-state index contributed by atoms with van der Waals surface area (Å²) in [6.07, 6.45) is 4.46. The highest BCUT2D eigenvalue weighted by atomic mass is 79.9. The van der Waals surface area contributed by atoms with Crippen LogP contribution in [-0.2, 0) is 12.8 Å². The van der Waals surface area contributed by atoms with E-state index in [1.165, 1.54) is 25.5 Å². The molecule has 0 radical (unpaired) electrons. The lowest BCUT2D eigenvalue weighted by molar-refractivity contribution is 0.0902. The van der Waals surface area contributed by atoms with Gasteiger partial charge < -0.3 is 15.1 Å². The van der Waals surface area contributed by atoms with Crippen LogP contribution in [0.4, 0.5) is 0 Å². The molecule has 0 aromatic heterocycles. The minimum absolute atomic E-state index is 0. The molecule has 0 unspecified atom stereocenters. The average Bonchev–Trinajstić information content (AvgIpc) is 2.36. The lowest BCUT2D eigenvalue weighted by atomic mass is 9.75. The maximum atomic E-state index is 9.98. The minimum atomic E-state index is 0. The fourth-order valence-corrected chi connectivity index (χ4v) is 3.74. The fraction of sp³-hybridized carbons (Fsp3) is 0.600. The van der Waals surface area contributed by atoms with Crippen molar-refractivity contribution in [1.29, 1.82) is 0 Å². The zero-order chi connectivity index (χ0) is 12.7. The Labute approximate surface area is 125 Å². The topological polar surface area (TPSA) is 43.7 Å². The van der Waals surface area contributed by atoms with Gasteiger partial charge in [0.2, 0.25) is 0 Å². The van der Waals surface area contributed by atoms with Gasteiger partial charge in [-0.15, -0.1) is 17.0 Å². The summed E-state index contributed by atoms with van der Waals surface area (Å²) in [5.41, 5.74) is 2.20. The Balaban J connectivity index is 0.00000133. The zero-order valence-corrected chi connectivity index (χ0v) is 13.0. The van der Waals surface area contributed by atoms with Crippen molar-refractivity contribution in [2.75, 3.05) is 13.1 Å². The summed E-state index contributed by atoms with van der Waals surface area (Å²) in [5.74, 6) is 1.13. The van der Waals surface area contributed by atoms with Crippen LogP contribution in [0, 0.1) is 5.92 Å². The summed E-state index contributed by atoms with van der Waals surface area (Å²) < 4.78 is 0. The van der Waals surface area contributed by atoms with E-state index >= 15 is 0 Å². The van der Waals surface area contributed by atoms with Gasteiger partial charge in [-0.05, 0) is 61.9 Å². The molecular weight excluding hydrogens is 306 g/mol. The van der Waals surface area contributed by atoms with Crippen LogP contribution in [0.1, 0.15) is 30.9 Å². The lowest BCUT2D eigenvalue weighted by Gasteiger charge is -2.44. The van der Waals surface area contributed by atoms with E-state index in [-0.39, 0.29) is 28.5 Å². The number of hydrogen-bond acceptors (Lipinski definition) is 3. The Hall–Kier alpha value is -0.740. The van der Waals surface area contributed by atoms with Crippen molar-refractivity contribution in [3.05, 3.63) is 23.3 Å². The van der Waals surface area contributed by atoms with E-state index in [1.54, 1.807) is 0 Å². The lowest BCUT2D eigenvalue weighted by Crippen LogP contribution is -2.48. The van der Waals surface area contributed by atoms with Gasteiger partial charge in [0.15, 0.2) is 0 Å². The van der Waals surface area contributed by atoms with E-state index < -0.39 is 0 Å². The van der Waals surface area contributed by atoms with E-state index in [2.05, 4.69) is 11.8 Å². The Morgan fingerprint density at radius 2 is 2.05 bits per heavy atom. The molecule has 106 valence electrons. The van der Waals surface area contributed by atoms with Crippen molar-refractivity contribution >= 4 is 17.0 Å². The molecule has 1 heterocycles. The van der Waals surface area contributed by atoms with Gasteiger partial charge in [0, 0.05) is 12.1 Å². The second kappa shape index (κ2) is 5.71. The third-order valence-corrected chi connectivity index (χ3v) is 4.64. The van der Waals surface area contributed by atoms with E-state index in [1.807, 2.05) is 6.07 Å². The van der Waals surface area contributed by atoms with Crippen molar-refractivity contribution in [1.82, 2.24) is 4.90 Å². The first-order chi connectivity index (χ1) is 8.69. The maximum absolute atomic E-state index is 9.98. The molecule has 4 heteroatoms. The van der Waals surface area contributed by atoms with E-state index in [0.717, 1.165) is 30.5 Å². The fourth-order valence-electron chi connectivity index (χ4n) is 3.74. The molecule has 0 spiro atoms. The summed E-state index contributed by atoms with van der Waals surface area (Å²) in [6.45, 7) is 4.51. The molecule has 0 saturated carbocycles. The van der Waals surface area contributed by atoms with Crippen molar-refractivity contribution in [2.24, 2.45) is 5.92 Å². The SMILES string of the molecule is Br.CCN1CCC[C@@H]2Cc3c(O)cc(O)cc3C[C@H]21. The Kier molecular flexibility index (Phi) is 4.41. The third-order valence-electron chi connectivity index (χ3n) is 4.64. The molecule has 1 aromatic carbocycles. The largest absolute Gasteiger partial charge is 0.508 e. The summed E-state index contributed by atoms with van der Waals surface area (Å²) >= 11 is 0. The zero-order valence-electron chi connectivity index (χ0n) is 11.3. The van der Waals surface area contributed by atoms with Gasteiger partial charge >= 0.3 is 0 Å². The summed E-state index contributed by atoms with van der Waals surface area (Å²) in [7, 11) is 0. The van der Waals surface area contributed by atoms with Gasteiger partial charge in [-0.2, -0.15) is 0 Å². The number of phenolic OH excluding ortho intramolecular Hbond substituents is 2. The smallest absolute Gasteiger partial charge is 0.122 e.